The number of carbonyl (C=O) groups is 2. The Labute approximate surface area is 162 Å². The first-order valence-electron chi connectivity index (χ1n) is 8.07. The molecule has 0 aliphatic carbocycles. The number of para-hydroxylation sites is 2. The van der Waals surface area contributed by atoms with Crippen molar-refractivity contribution >= 4 is 46.4 Å². The topological polar surface area (TPSA) is 58.6 Å². The average Bonchev–Trinajstić information content (AvgIpc) is 2.56. The summed E-state index contributed by atoms with van der Waals surface area (Å²) >= 11 is 12.2. The molecule has 0 unspecified atom stereocenters. The van der Waals surface area contributed by atoms with Gasteiger partial charge in [-0.15, -0.1) is 0 Å². The SMILES string of the molecule is CC(=O)N(CC(=O)Nc1ccccc1OC(C)C)c1cccc(Cl)c1Cl. The molecule has 2 aromatic carbocycles. The third-order valence-corrected chi connectivity index (χ3v) is 4.24. The highest BCUT2D eigenvalue weighted by molar-refractivity contribution is 6.44. The van der Waals surface area contributed by atoms with Crippen LogP contribution >= 0.6 is 23.2 Å². The number of benzene rings is 2. The summed E-state index contributed by atoms with van der Waals surface area (Å²) in [5.41, 5.74) is 0.917. The molecule has 0 spiro atoms. The molecule has 0 atom stereocenters. The van der Waals surface area contributed by atoms with Crippen molar-refractivity contribution in [2.45, 2.75) is 26.9 Å². The molecule has 0 saturated heterocycles. The van der Waals surface area contributed by atoms with Gasteiger partial charge >= 0.3 is 0 Å². The van der Waals surface area contributed by atoms with Gasteiger partial charge in [-0.3, -0.25) is 9.59 Å². The molecule has 2 rings (SSSR count). The molecule has 2 amide bonds. The van der Waals surface area contributed by atoms with E-state index in [2.05, 4.69) is 5.32 Å². The Morgan fingerprint density at radius 2 is 1.81 bits per heavy atom. The van der Waals surface area contributed by atoms with Gasteiger partial charge in [0, 0.05) is 6.92 Å². The minimum absolute atomic E-state index is 0.0352. The zero-order valence-electron chi connectivity index (χ0n) is 14.8. The minimum Gasteiger partial charge on any atom is -0.489 e. The van der Waals surface area contributed by atoms with Crippen molar-refractivity contribution in [3.8, 4) is 5.75 Å². The third kappa shape index (κ3) is 5.13. The molecule has 1 N–H and O–H groups in total. The summed E-state index contributed by atoms with van der Waals surface area (Å²) in [6, 6.07) is 12.0. The number of carbonyl (C=O) groups excluding carboxylic acids is 2. The Hall–Kier alpha value is -2.24. The van der Waals surface area contributed by atoms with Gasteiger partial charge in [0.1, 0.15) is 12.3 Å². The van der Waals surface area contributed by atoms with E-state index in [1.165, 1.54) is 11.8 Å². The molecule has 5 nitrogen and oxygen atoms in total. The first kappa shape index (κ1) is 20.1. The lowest BCUT2D eigenvalue weighted by molar-refractivity contribution is -0.120. The van der Waals surface area contributed by atoms with E-state index in [1.54, 1.807) is 36.4 Å². The molecule has 0 fully saturated rings. The van der Waals surface area contributed by atoms with Gasteiger partial charge in [0.2, 0.25) is 11.8 Å². The van der Waals surface area contributed by atoms with E-state index in [4.69, 9.17) is 27.9 Å². The fourth-order valence-corrected chi connectivity index (χ4v) is 2.72. The fourth-order valence-electron chi connectivity index (χ4n) is 2.33. The maximum atomic E-state index is 12.5. The average molecular weight is 395 g/mol. The number of halogens is 2. The molecule has 138 valence electrons. The summed E-state index contributed by atoms with van der Waals surface area (Å²) < 4.78 is 5.68. The Kier molecular flexibility index (Phi) is 6.89. The van der Waals surface area contributed by atoms with Crippen LogP contribution in [0.4, 0.5) is 11.4 Å². The van der Waals surface area contributed by atoms with E-state index in [0.717, 1.165) is 0 Å². The number of nitrogens with zero attached hydrogens (tertiary/aromatic N) is 1. The van der Waals surface area contributed by atoms with Crippen molar-refractivity contribution in [3.63, 3.8) is 0 Å². The van der Waals surface area contributed by atoms with Crippen LogP contribution in [-0.2, 0) is 9.59 Å². The maximum absolute atomic E-state index is 12.5. The maximum Gasteiger partial charge on any atom is 0.244 e. The first-order valence-corrected chi connectivity index (χ1v) is 8.83. The smallest absolute Gasteiger partial charge is 0.244 e. The van der Waals surface area contributed by atoms with Gasteiger partial charge in [-0.2, -0.15) is 0 Å². The van der Waals surface area contributed by atoms with Crippen LogP contribution in [0.15, 0.2) is 42.5 Å². The molecular formula is C19H20Cl2N2O3. The summed E-state index contributed by atoms with van der Waals surface area (Å²) in [5.74, 6) is -0.141. The third-order valence-electron chi connectivity index (χ3n) is 3.43. The lowest BCUT2D eigenvalue weighted by Crippen LogP contribution is -2.37. The van der Waals surface area contributed by atoms with Crippen molar-refractivity contribution in [1.29, 1.82) is 0 Å². The number of rotatable bonds is 6. The highest BCUT2D eigenvalue weighted by atomic mass is 35.5. The quantitative estimate of drug-likeness (QED) is 0.767. The van der Waals surface area contributed by atoms with Crippen LogP contribution < -0.4 is 15.0 Å². The highest BCUT2D eigenvalue weighted by Crippen LogP contribution is 2.32. The van der Waals surface area contributed by atoms with Crippen molar-refractivity contribution < 1.29 is 14.3 Å². The van der Waals surface area contributed by atoms with Crippen molar-refractivity contribution in [2.24, 2.45) is 0 Å². The number of anilines is 2. The molecule has 0 saturated carbocycles. The van der Waals surface area contributed by atoms with Crippen LogP contribution in [0.5, 0.6) is 5.75 Å². The summed E-state index contributed by atoms with van der Waals surface area (Å²) in [4.78, 5) is 25.8. The van der Waals surface area contributed by atoms with Crippen LogP contribution in [0.2, 0.25) is 10.0 Å². The van der Waals surface area contributed by atoms with E-state index < -0.39 is 0 Å². The Morgan fingerprint density at radius 1 is 1.12 bits per heavy atom. The fraction of sp³-hybridized carbons (Fsp3) is 0.263. The van der Waals surface area contributed by atoms with Crippen LogP contribution in [0.1, 0.15) is 20.8 Å². The van der Waals surface area contributed by atoms with Crippen molar-refractivity contribution in [2.75, 3.05) is 16.8 Å². The molecule has 7 heteroatoms. The Bertz CT molecular complexity index is 809. The number of ether oxygens (including phenoxy) is 1. The second-order valence-electron chi connectivity index (χ2n) is 5.89. The normalized spacial score (nSPS) is 10.5. The standard InChI is InChI=1S/C19H20Cl2N2O3/c1-12(2)26-17-10-5-4-8-15(17)22-18(25)11-23(13(3)24)16-9-6-7-14(20)19(16)21/h4-10,12H,11H2,1-3H3,(H,22,25). The van der Waals surface area contributed by atoms with E-state index in [-0.39, 0.29) is 29.5 Å². The lowest BCUT2D eigenvalue weighted by Gasteiger charge is -2.22. The van der Waals surface area contributed by atoms with Gasteiger partial charge in [0.15, 0.2) is 0 Å². The second-order valence-corrected chi connectivity index (χ2v) is 6.67. The molecule has 0 heterocycles. The van der Waals surface area contributed by atoms with Crippen LogP contribution in [0.25, 0.3) is 0 Å². The Balaban J connectivity index is 2.19. The minimum atomic E-state index is -0.379. The van der Waals surface area contributed by atoms with E-state index in [9.17, 15) is 9.59 Å². The zero-order valence-corrected chi connectivity index (χ0v) is 16.3. The van der Waals surface area contributed by atoms with Crippen LogP contribution in [0, 0.1) is 0 Å². The summed E-state index contributed by atoms with van der Waals surface area (Å²) in [5, 5.41) is 3.31. The predicted molar refractivity (Wildman–Crippen MR) is 105 cm³/mol. The summed E-state index contributed by atoms with van der Waals surface area (Å²) in [7, 11) is 0. The number of amides is 2. The van der Waals surface area contributed by atoms with E-state index >= 15 is 0 Å². The monoisotopic (exact) mass is 394 g/mol. The molecule has 0 bridgehead atoms. The zero-order chi connectivity index (χ0) is 19.3. The number of nitrogens with one attached hydrogen (secondary N) is 1. The number of hydrogen-bond acceptors (Lipinski definition) is 3. The van der Waals surface area contributed by atoms with Gasteiger partial charge < -0.3 is 15.0 Å². The molecule has 2 aromatic rings. The van der Waals surface area contributed by atoms with Gasteiger partial charge in [-0.05, 0) is 38.1 Å². The molecule has 26 heavy (non-hydrogen) atoms. The predicted octanol–water partition coefficient (Wildman–Crippen LogP) is 4.77. The number of hydrogen-bond donors (Lipinski definition) is 1. The van der Waals surface area contributed by atoms with Gasteiger partial charge in [-0.1, -0.05) is 41.4 Å². The lowest BCUT2D eigenvalue weighted by atomic mass is 10.2. The van der Waals surface area contributed by atoms with E-state index in [0.29, 0.717) is 22.1 Å². The summed E-state index contributed by atoms with van der Waals surface area (Å²) in [6.07, 6.45) is -0.0352. The highest BCUT2D eigenvalue weighted by Gasteiger charge is 2.20. The van der Waals surface area contributed by atoms with Crippen LogP contribution in [0.3, 0.4) is 0 Å². The largest absolute Gasteiger partial charge is 0.489 e. The van der Waals surface area contributed by atoms with Gasteiger partial charge in [0.05, 0.1) is 27.5 Å². The molecule has 0 aromatic heterocycles. The molecule has 0 aliphatic heterocycles. The van der Waals surface area contributed by atoms with Crippen molar-refractivity contribution in [1.82, 2.24) is 0 Å². The first-order chi connectivity index (χ1) is 12.3. The van der Waals surface area contributed by atoms with E-state index in [1.807, 2.05) is 19.9 Å². The molecule has 0 radical (unpaired) electrons. The summed E-state index contributed by atoms with van der Waals surface area (Å²) in [6.45, 7) is 4.96. The van der Waals surface area contributed by atoms with Crippen molar-refractivity contribution in [3.05, 3.63) is 52.5 Å². The van der Waals surface area contributed by atoms with Gasteiger partial charge in [0.25, 0.3) is 0 Å². The Morgan fingerprint density at radius 3 is 2.46 bits per heavy atom. The second kappa shape index (κ2) is 8.92. The van der Waals surface area contributed by atoms with Gasteiger partial charge in [-0.25, -0.2) is 0 Å². The van der Waals surface area contributed by atoms with Crippen LogP contribution in [-0.4, -0.2) is 24.5 Å². The molecule has 0 aliphatic rings. The molecular weight excluding hydrogens is 375 g/mol.